The number of imidazole rings is 1. The summed E-state index contributed by atoms with van der Waals surface area (Å²) < 4.78 is 33.3. The van der Waals surface area contributed by atoms with Crippen molar-refractivity contribution in [3.05, 3.63) is 65.1 Å². The van der Waals surface area contributed by atoms with Crippen LogP contribution in [0.15, 0.2) is 36.5 Å². The molecule has 6 N–H and O–H groups in total. The maximum Gasteiger partial charge on any atom is 0.291 e. The van der Waals surface area contributed by atoms with Crippen LogP contribution < -0.4 is 26.4 Å². The quantitative estimate of drug-likeness (QED) is 0.267. The molecule has 39 heavy (non-hydrogen) atoms. The van der Waals surface area contributed by atoms with E-state index in [1.165, 1.54) is 25.4 Å². The highest BCUT2D eigenvalue weighted by molar-refractivity contribution is 6.03. The summed E-state index contributed by atoms with van der Waals surface area (Å²) in [5.74, 6) is -3.63. The van der Waals surface area contributed by atoms with Crippen molar-refractivity contribution in [3.63, 3.8) is 0 Å². The Hall–Kier alpha value is -4.32. The number of aromatic amines is 1. The third-order valence-electron chi connectivity index (χ3n) is 6.62. The number of carbonyl (C=O) groups excluding carboxylic acids is 3. The van der Waals surface area contributed by atoms with Crippen LogP contribution >= 0.6 is 0 Å². The SMILES string of the molecule is CCc1cc(NC(=O)c2ncc(-c3ccc(OC)c(F)c3F)[nH]2)ccc1C(=O)N[C@H]1C[C@@H](C(=O)NCCN)C1. The van der Waals surface area contributed by atoms with Crippen molar-refractivity contribution in [1.29, 1.82) is 0 Å². The van der Waals surface area contributed by atoms with Crippen LogP contribution in [0.1, 0.15) is 46.3 Å². The number of anilines is 1. The Bertz CT molecular complexity index is 1390. The summed E-state index contributed by atoms with van der Waals surface area (Å²) in [6.07, 6.45) is 2.90. The van der Waals surface area contributed by atoms with Crippen molar-refractivity contribution in [2.75, 3.05) is 25.5 Å². The lowest BCUT2D eigenvalue weighted by molar-refractivity contribution is -0.128. The van der Waals surface area contributed by atoms with Gasteiger partial charge in [0.15, 0.2) is 17.4 Å². The number of benzene rings is 2. The second-order valence-corrected chi connectivity index (χ2v) is 9.19. The van der Waals surface area contributed by atoms with Gasteiger partial charge in [0.1, 0.15) is 0 Å². The van der Waals surface area contributed by atoms with Crippen LogP contribution in [0.3, 0.4) is 0 Å². The molecule has 1 fully saturated rings. The van der Waals surface area contributed by atoms with E-state index in [1.807, 2.05) is 6.92 Å². The highest BCUT2D eigenvalue weighted by Crippen LogP contribution is 2.30. The van der Waals surface area contributed by atoms with E-state index in [9.17, 15) is 23.2 Å². The average Bonchev–Trinajstić information content (AvgIpc) is 3.40. The van der Waals surface area contributed by atoms with Crippen molar-refractivity contribution < 1.29 is 27.9 Å². The van der Waals surface area contributed by atoms with Gasteiger partial charge in [0.2, 0.25) is 11.7 Å². The Morgan fingerprint density at radius 2 is 1.90 bits per heavy atom. The van der Waals surface area contributed by atoms with Gasteiger partial charge in [-0.2, -0.15) is 4.39 Å². The number of aryl methyl sites for hydroxylation is 1. The van der Waals surface area contributed by atoms with E-state index in [4.69, 9.17) is 10.5 Å². The Labute approximate surface area is 223 Å². The predicted molar refractivity (Wildman–Crippen MR) is 140 cm³/mol. The number of methoxy groups -OCH3 is 1. The van der Waals surface area contributed by atoms with Gasteiger partial charge in [0, 0.05) is 41.9 Å². The largest absolute Gasteiger partial charge is 0.494 e. The summed E-state index contributed by atoms with van der Waals surface area (Å²) >= 11 is 0. The summed E-state index contributed by atoms with van der Waals surface area (Å²) in [6.45, 7) is 2.69. The minimum Gasteiger partial charge on any atom is -0.494 e. The molecule has 0 radical (unpaired) electrons. The zero-order valence-electron chi connectivity index (χ0n) is 21.6. The first-order chi connectivity index (χ1) is 18.7. The first-order valence-electron chi connectivity index (χ1n) is 12.6. The number of amides is 3. The highest BCUT2D eigenvalue weighted by Gasteiger charge is 2.35. The molecule has 3 amide bonds. The van der Waals surface area contributed by atoms with E-state index >= 15 is 0 Å². The molecule has 10 nitrogen and oxygen atoms in total. The first kappa shape index (κ1) is 27.7. The fourth-order valence-electron chi connectivity index (χ4n) is 4.40. The second-order valence-electron chi connectivity index (χ2n) is 9.19. The molecule has 0 aliphatic heterocycles. The van der Waals surface area contributed by atoms with Crippen molar-refractivity contribution in [3.8, 4) is 17.0 Å². The molecule has 1 heterocycles. The van der Waals surface area contributed by atoms with Gasteiger partial charge in [-0.25, -0.2) is 9.37 Å². The zero-order chi connectivity index (χ0) is 28.1. The number of carbonyl (C=O) groups is 3. The Kier molecular flexibility index (Phi) is 8.55. The molecule has 1 aliphatic carbocycles. The van der Waals surface area contributed by atoms with Crippen LogP contribution in [-0.2, 0) is 11.2 Å². The number of nitrogens with zero attached hydrogens (tertiary/aromatic N) is 1. The van der Waals surface area contributed by atoms with Crippen molar-refractivity contribution in [1.82, 2.24) is 20.6 Å². The molecule has 2 aromatic carbocycles. The Balaban J connectivity index is 1.39. The molecule has 0 unspecified atom stereocenters. The molecular weight excluding hydrogens is 510 g/mol. The van der Waals surface area contributed by atoms with Crippen LogP contribution in [0.5, 0.6) is 5.75 Å². The number of ether oxygens (including phenoxy) is 1. The van der Waals surface area contributed by atoms with Gasteiger partial charge in [-0.05, 0) is 55.2 Å². The summed E-state index contributed by atoms with van der Waals surface area (Å²) in [4.78, 5) is 44.3. The van der Waals surface area contributed by atoms with E-state index < -0.39 is 17.5 Å². The molecule has 0 spiro atoms. The molecular formula is C27H30F2N6O4. The van der Waals surface area contributed by atoms with Gasteiger partial charge < -0.3 is 31.4 Å². The monoisotopic (exact) mass is 540 g/mol. The van der Waals surface area contributed by atoms with Crippen molar-refractivity contribution >= 4 is 23.4 Å². The molecule has 0 bridgehead atoms. The number of hydrogen-bond acceptors (Lipinski definition) is 6. The van der Waals surface area contributed by atoms with Crippen LogP contribution in [0.2, 0.25) is 0 Å². The number of H-pyrrole nitrogens is 1. The van der Waals surface area contributed by atoms with E-state index in [0.717, 1.165) is 5.56 Å². The third-order valence-corrected chi connectivity index (χ3v) is 6.62. The number of nitrogens with one attached hydrogen (secondary N) is 4. The lowest BCUT2D eigenvalue weighted by Gasteiger charge is -2.34. The summed E-state index contributed by atoms with van der Waals surface area (Å²) in [5, 5.41) is 8.41. The van der Waals surface area contributed by atoms with Crippen LogP contribution in [0.4, 0.5) is 14.5 Å². The fraction of sp³-hybridized carbons (Fsp3) is 0.333. The molecule has 1 aromatic heterocycles. The van der Waals surface area contributed by atoms with Crippen molar-refractivity contribution in [2.24, 2.45) is 11.7 Å². The van der Waals surface area contributed by atoms with Gasteiger partial charge in [0.25, 0.3) is 11.8 Å². The van der Waals surface area contributed by atoms with E-state index in [1.54, 1.807) is 18.2 Å². The van der Waals surface area contributed by atoms with Crippen LogP contribution in [0.25, 0.3) is 11.3 Å². The molecule has 4 rings (SSSR count). The highest BCUT2D eigenvalue weighted by atomic mass is 19.2. The summed E-state index contributed by atoms with van der Waals surface area (Å²) in [7, 11) is 1.23. The molecule has 12 heteroatoms. The summed E-state index contributed by atoms with van der Waals surface area (Å²) in [5.41, 5.74) is 7.06. The minimum absolute atomic E-state index is 0.0507. The number of hydrogen-bond donors (Lipinski definition) is 5. The van der Waals surface area contributed by atoms with Gasteiger partial charge >= 0.3 is 0 Å². The smallest absolute Gasteiger partial charge is 0.291 e. The normalized spacial score (nSPS) is 16.2. The topological polar surface area (TPSA) is 151 Å². The molecule has 1 saturated carbocycles. The first-order valence-corrected chi connectivity index (χ1v) is 12.6. The van der Waals surface area contributed by atoms with Gasteiger partial charge in [-0.15, -0.1) is 0 Å². The third kappa shape index (κ3) is 6.06. The lowest BCUT2D eigenvalue weighted by Crippen LogP contribution is -2.50. The minimum atomic E-state index is -1.14. The molecule has 1 aliphatic rings. The molecule has 0 atom stereocenters. The van der Waals surface area contributed by atoms with E-state index in [2.05, 4.69) is 25.9 Å². The number of rotatable bonds is 10. The maximum atomic E-state index is 14.4. The fourth-order valence-corrected chi connectivity index (χ4v) is 4.40. The molecule has 3 aromatic rings. The van der Waals surface area contributed by atoms with Crippen molar-refractivity contribution in [2.45, 2.75) is 32.2 Å². The molecule has 0 saturated heterocycles. The average molecular weight is 541 g/mol. The Morgan fingerprint density at radius 3 is 2.59 bits per heavy atom. The van der Waals surface area contributed by atoms with E-state index in [0.29, 0.717) is 43.6 Å². The van der Waals surface area contributed by atoms with Gasteiger partial charge in [-0.1, -0.05) is 6.92 Å². The van der Waals surface area contributed by atoms with Crippen LogP contribution in [-0.4, -0.2) is 53.9 Å². The molecule has 206 valence electrons. The lowest BCUT2D eigenvalue weighted by atomic mass is 9.79. The summed E-state index contributed by atoms with van der Waals surface area (Å²) in [6, 6.07) is 7.42. The van der Waals surface area contributed by atoms with E-state index in [-0.39, 0.29) is 46.6 Å². The Morgan fingerprint density at radius 1 is 1.13 bits per heavy atom. The van der Waals surface area contributed by atoms with Crippen LogP contribution in [0, 0.1) is 17.6 Å². The van der Waals surface area contributed by atoms with Gasteiger partial charge in [-0.3, -0.25) is 14.4 Å². The van der Waals surface area contributed by atoms with Gasteiger partial charge in [0.05, 0.1) is 19.0 Å². The number of nitrogens with two attached hydrogens (primary N) is 1. The second kappa shape index (κ2) is 12.0. The predicted octanol–water partition coefficient (Wildman–Crippen LogP) is 2.76. The maximum absolute atomic E-state index is 14.4. The standard InChI is InChI=1S/C27H30F2N6O4/c1-3-14-10-16(4-5-18(14)26(37)34-17-11-15(12-17)25(36)31-9-8-30)33-27(38)24-32-13-20(35-24)19-6-7-21(39-2)23(29)22(19)28/h4-7,10,13,15,17H,3,8-9,11-12,30H2,1-2H3,(H,31,36)(H,32,35)(H,33,38)(H,34,37)/t15-,17+. The number of halogens is 2. The number of aromatic nitrogens is 2. The zero-order valence-corrected chi connectivity index (χ0v) is 21.6.